The zero-order valence-electron chi connectivity index (χ0n) is 13.8. The smallest absolute Gasteiger partial charge is 0.278 e. The number of hydrogen-bond donors (Lipinski definition) is 1. The first kappa shape index (κ1) is 15.4. The summed E-state index contributed by atoms with van der Waals surface area (Å²) in [4.78, 5) is 14.4. The molecule has 7 nitrogen and oxygen atoms in total. The van der Waals surface area contributed by atoms with Crippen molar-refractivity contribution in [3.8, 4) is 0 Å². The number of carbonyl (C=O) groups is 1. The van der Waals surface area contributed by atoms with E-state index < -0.39 is 0 Å². The van der Waals surface area contributed by atoms with Crippen LogP contribution in [0.4, 0.5) is 11.6 Å². The van der Waals surface area contributed by atoms with Crippen LogP contribution in [0.15, 0.2) is 53.3 Å². The van der Waals surface area contributed by atoms with Crippen LogP contribution in [0, 0.1) is 0 Å². The van der Waals surface area contributed by atoms with E-state index in [1.54, 1.807) is 23.1 Å². The molecule has 128 valence electrons. The molecule has 0 unspecified atom stereocenters. The lowest BCUT2D eigenvalue weighted by Crippen LogP contribution is -2.16. The molecule has 1 N–H and O–H groups in total. The van der Waals surface area contributed by atoms with Crippen molar-refractivity contribution >= 4 is 17.5 Å². The number of anilines is 2. The van der Waals surface area contributed by atoms with Crippen molar-refractivity contribution in [3.05, 3.63) is 60.0 Å². The van der Waals surface area contributed by atoms with E-state index in [9.17, 15) is 4.79 Å². The summed E-state index contributed by atoms with van der Waals surface area (Å²) in [6, 6.07) is 11.7. The number of hydrogen-bond acceptors (Lipinski definition) is 5. The van der Waals surface area contributed by atoms with Crippen molar-refractivity contribution in [2.24, 2.45) is 0 Å². The van der Waals surface area contributed by atoms with Gasteiger partial charge in [0.2, 0.25) is 5.88 Å². The van der Waals surface area contributed by atoms with Gasteiger partial charge in [-0.1, -0.05) is 35.5 Å². The van der Waals surface area contributed by atoms with E-state index >= 15 is 0 Å². The number of benzene rings is 1. The van der Waals surface area contributed by atoms with Gasteiger partial charge in [-0.2, -0.15) is 5.10 Å². The van der Waals surface area contributed by atoms with Crippen LogP contribution in [0.1, 0.15) is 28.9 Å². The minimum absolute atomic E-state index is 0.276. The van der Waals surface area contributed by atoms with Gasteiger partial charge in [-0.25, -0.2) is 0 Å². The average Bonchev–Trinajstić information content (AvgIpc) is 3.37. The highest BCUT2D eigenvalue weighted by Crippen LogP contribution is 2.21. The van der Waals surface area contributed by atoms with Crippen molar-refractivity contribution in [1.82, 2.24) is 14.9 Å². The highest BCUT2D eigenvalue weighted by Gasteiger charge is 2.20. The molecule has 0 radical (unpaired) electrons. The van der Waals surface area contributed by atoms with Gasteiger partial charge >= 0.3 is 0 Å². The number of rotatable bonds is 5. The van der Waals surface area contributed by atoms with Gasteiger partial charge in [0.15, 0.2) is 5.69 Å². The molecule has 1 aliphatic heterocycles. The molecule has 1 fully saturated rings. The highest BCUT2D eigenvalue weighted by atomic mass is 16.5. The largest absolute Gasteiger partial charge is 0.341 e. The Morgan fingerprint density at radius 2 is 2.00 bits per heavy atom. The fourth-order valence-corrected chi connectivity index (χ4v) is 2.94. The third-order valence-corrected chi connectivity index (χ3v) is 4.23. The lowest BCUT2D eigenvalue weighted by atomic mass is 10.2. The summed E-state index contributed by atoms with van der Waals surface area (Å²) in [5, 5.41) is 11.0. The molecule has 0 spiro atoms. The SMILES string of the molecule is O=C(Nc1cnn(Cc2ccccc2)c1)c1cc(N2CCCC2)on1. The molecule has 3 heterocycles. The minimum atomic E-state index is -0.298. The molecule has 3 aromatic rings. The topological polar surface area (TPSA) is 76.2 Å². The van der Waals surface area contributed by atoms with Crippen LogP contribution in [-0.2, 0) is 6.54 Å². The fraction of sp³-hybridized carbons (Fsp3) is 0.278. The fourth-order valence-electron chi connectivity index (χ4n) is 2.94. The molecule has 4 rings (SSSR count). The van der Waals surface area contributed by atoms with E-state index in [1.165, 1.54) is 0 Å². The van der Waals surface area contributed by atoms with E-state index in [0.29, 0.717) is 18.1 Å². The first-order chi connectivity index (χ1) is 12.3. The van der Waals surface area contributed by atoms with Crippen molar-refractivity contribution in [2.45, 2.75) is 19.4 Å². The highest BCUT2D eigenvalue weighted by molar-refractivity contribution is 6.03. The molecule has 25 heavy (non-hydrogen) atoms. The van der Waals surface area contributed by atoms with E-state index in [-0.39, 0.29) is 11.6 Å². The first-order valence-corrected chi connectivity index (χ1v) is 8.37. The van der Waals surface area contributed by atoms with Crippen LogP contribution in [0.3, 0.4) is 0 Å². The number of nitrogens with one attached hydrogen (secondary N) is 1. The molecular weight excluding hydrogens is 318 g/mol. The van der Waals surface area contributed by atoms with Crippen molar-refractivity contribution < 1.29 is 9.32 Å². The monoisotopic (exact) mass is 337 g/mol. The van der Waals surface area contributed by atoms with Gasteiger partial charge in [-0.3, -0.25) is 9.48 Å². The Morgan fingerprint density at radius 1 is 1.20 bits per heavy atom. The Hall–Kier alpha value is -3.09. The molecule has 1 aliphatic rings. The Kier molecular flexibility index (Phi) is 4.20. The first-order valence-electron chi connectivity index (χ1n) is 8.37. The lowest BCUT2D eigenvalue weighted by molar-refractivity contribution is 0.101. The molecule has 1 aromatic carbocycles. The summed E-state index contributed by atoms with van der Waals surface area (Å²) >= 11 is 0. The second-order valence-corrected chi connectivity index (χ2v) is 6.11. The normalized spacial score (nSPS) is 14.0. The summed E-state index contributed by atoms with van der Waals surface area (Å²) in [6.07, 6.45) is 5.71. The second kappa shape index (κ2) is 6.80. The Morgan fingerprint density at radius 3 is 2.80 bits per heavy atom. The molecule has 0 atom stereocenters. The van der Waals surface area contributed by atoms with Gasteiger partial charge in [0.05, 0.1) is 18.4 Å². The van der Waals surface area contributed by atoms with Crippen LogP contribution in [-0.4, -0.2) is 33.9 Å². The van der Waals surface area contributed by atoms with Crippen LogP contribution in [0.25, 0.3) is 0 Å². The van der Waals surface area contributed by atoms with E-state index in [1.807, 2.05) is 30.3 Å². The summed E-state index contributed by atoms with van der Waals surface area (Å²) < 4.78 is 7.07. The summed E-state index contributed by atoms with van der Waals surface area (Å²) in [5.41, 5.74) is 2.06. The van der Waals surface area contributed by atoms with Crippen molar-refractivity contribution in [3.63, 3.8) is 0 Å². The molecule has 0 aliphatic carbocycles. The molecule has 0 saturated carbocycles. The quantitative estimate of drug-likeness (QED) is 0.775. The van der Waals surface area contributed by atoms with Gasteiger partial charge in [-0.05, 0) is 18.4 Å². The molecule has 2 aromatic heterocycles. The van der Waals surface area contributed by atoms with E-state index in [4.69, 9.17) is 4.52 Å². The average molecular weight is 337 g/mol. The summed E-state index contributed by atoms with van der Waals surface area (Å²) in [5.74, 6) is 0.357. The summed E-state index contributed by atoms with van der Waals surface area (Å²) in [6.45, 7) is 2.55. The van der Waals surface area contributed by atoms with Crippen LogP contribution in [0.2, 0.25) is 0 Å². The summed E-state index contributed by atoms with van der Waals surface area (Å²) in [7, 11) is 0. The zero-order chi connectivity index (χ0) is 17.1. The maximum Gasteiger partial charge on any atom is 0.278 e. The van der Waals surface area contributed by atoms with Crippen LogP contribution >= 0.6 is 0 Å². The predicted molar refractivity (Wildman–Crippen MR) is 93.7 cm³/mol. The van der Waals surface area contributed by atoms with Crippen molar-refractivity contribution in [1.29, 1.82) is 0 Å². The molecule has 7 heteroatoms. The predicted octanol–water partition coefficient (Wildman–Crippen LogP) is 2.77. The maximum atomic E-state index is 12.3. The van der Waals surface area contributed by atoms with E-state index in [0.717, 1.165) is 31.5 Å². The van der Waals surface area contributed by atoms with Crippen LogP contribution in [0.5, 0.6) is 0 Å². The zero-order valence-corrected chi connectivity index (χ0v) is 13.8. The molecule has 1 saturated heterocycles. The second-order valence-electron chi connectivity index (χ2n) is 6.11. The Balaban J connectivity index is 1.39. The van der Waals surface area contributed by atoms with Gasteiger partial charge in [0.25, 0.3) is 5.91 Å². The molecule has 1 amide bonds. The molecule has 0 bridgehead atoms. The lowest BCUT2D eigenvalue weighted by Gasteiger charge is -2.10. The number of amides is 1. The Bertz CT molecular complexity index is 849. The number of aromatic nitrogens is 3. The minimum Gasteiger partial charge on any atom is -0.341 e. The Labute approximate surface area is 145 Å². The standard InChI is InChI=1S/C18H19N5O2/c24-18(16-10-17(25-21-16)22-8-4-5-9-22)20-15-11-19-23(13-15)12-14-6-2-1-3-7-14/h1-3,6-7,10-11,13H,4-5,8-9,12H2,(H,20,24). The van der Waals surface area contributed by atoms with Crippen molar-refractivity contribution in [2.75, 3.05) is 23.3 Å². The van der Waals surface area contributed by atoms with Crippen LogP contribution < -0.4 is 10.2 Å². The van der Waals surface area contributed by atoms with Gasteiger partial charge in [-0.15, -0.1) is 0 Å². The number of carbonyl (C=O) groups excluding carboxylic acids is 1. The number of nitrogens with zero attached hydrogens (tertiary/aromatic N) is 4. The third kappa shape index (κ3) is 3.55. The van der Waals surface area contributed by atoms with Gasteiger partial charge in [0, 0.05) is 25.4 Å². The molecular formula is C18H19N5O2. The van der Waals surface area contributed by atoms with Gasteiger partial charge in [0.1, 0.15) is 0 Å². The van der Waals surface area contributed by atoms with Gasteiger partial charge < -0.3 is 14.7 Å². The maximum absolute atomic E-state index is 12.3. The third-order valence-electron chi connectivity index (χ3n) is 4.23. The van der Waals surface area contributed by atoms with E-state index in [2.05, 4.69) is 20.5 Å².